The van der Waals surface area contributed by atoms with Crippen LogP contribution in [0.1, 0.15) is 25.3 Å². The molecule has 0 spiro atoms. The first kappa shape index (κ1) is 13.7. The molecule has 106 valence electrons. The highest BCUT2D eigenvalue weighted by Gasteiger charge is 2.08. The van der Waals surface area contributed by atoms with Gasteiger partial charge in [0.15, 0.2) is 0 Å². The van der Waals surface area contributed by atoms with Crippen LogP contribution in [0.15, 0.2) is 54.7 Å². The van der Waals surface area contributed by atoms with Crippen LogP contribution in [0.4, 0.5) is 4.39 Å². The van der Waals surface area contributed by atoms with E-state index in [2.05, 4.69) is 24.0 Å². The molecule has 3 rings (SSSR count). The molecule has 2 aromatic carbocycles. The summed E-state index contributed by atoms with van der Waals surface area (Å²) < 4.78 is 13.9. The maximum atomic E-state index is 13.9. The molecule has 1 aromatic heterocycles. The van der Waals surface area contributed by atoms with Crippen molar-refractivity contribution in [2.75, 3.05) is 0 Å². The zero-order chi connectivity index (χ0) is 14.7. The third-order valence-electron chi connectivity index (χ3n) is 3.79. The second kappa shape index (κ2) is 6.04. The number of aryl methyl sites for hydroxylation is 1. The van der Waals surface area contributed by atoms with Crippen LogP contribution in [-0.2, 0) is 6.42 Å². The second-order valence-corrected chi connectivity index (χ2v) is 5.29. The molecule has 3 aromatic rings. The molecule has 0 aliphatic rings. The zero-order valence-electron chi connectivity index (χ0n) is 12.1. The minimum atomic E-state index is -0.118. The van der Waals surface area contributed by atoms with Crippen LogP contribution >= 0.6 is 0 Å². The normalized spacial score (nSPS) is 11.0. The van der Waals surface area contributed by atoms with Crippen molar-refractivity contribution < 1.29 is 4.39 Å². The summed E-state index contributed by atoms with van der Waals surface area (Å²) >= 11 is 0. The molecule has 0 amide bonds. The maximum absolute atomic E-state index is 13.9. The van der Waals surface area contributed by atoms with Crippen LogP contribution in [0.5, 0.6) is 0 Å². The lowest BCUT2D eigenvalue weighted by atomic mass is 10.00. The first-order chi connectivity index (χ1) is 10.3. The molecule has 21 heavy (non-hydrogen) atoms. The molecule has 0 aliphatic heterocycles. The lowest BCUT2D eigenvalue weighted by Gasteiger charge is -2.09. The van der Waals surface area contributed by atoms with E-state index in [0.29, 0.717) is 0 Å². The number of halogens is 1. The number of rotatable bonds is 4. The topological polar surface area (TPSA) is 12.9 Å². The number of aromatic nitrogens is 1. The van der Waals surface area contributed by atoms with E-state index in [4.69, 9.17) is 0 Å². The third kappa shape index (κ3) is 2.80. The molecule has 0 radical (unpaired) electrons. The van der Waals surface area contributed by atoms with E-state index in [0.717, 1.165) is 46.9 Å². The highest BCUT2D eigenvalue weighted by Crippen LogP contribution is 2.28. The van der Waals surface area contributed by atoms with Crippen molar-refractivity contribution in [3.63, 3.8) is 0 Å². The zero-order valence-corrected chi connectivity index (χ0v) is 12.1. The van der Waals surface area contributed by atoms with Gasteiger partial charge < -0.3 is 0 Å². The standard InChI is InChI=1S/C19H18FN/c1-2-3-6-15-13-16(9-10-18(15)20)19-17-8-5-4-7-14(17)11-12-21-19/h4-5,7-13H,2-3,6H2,1H3. The summed E-state index contributed by atoms with van der Waals surface area (Å²) in [5.74, 6) is -0.118. The summed E-state index contributed by atoms with van der Waals surface area (Å²) in [5.41, 5.74) is 2.69. The quantitative estimate of drug-likeness (QED) is 0.624. The Morgan fingerprint density at radius 3 is 2.76 bits per heavy atom. The van der Waals surface area contributed by atoms with Gasteiger partial charge in [0.25, 0.3) is 0 Å². The van der Waals surface area contributed by atoms with Crippen molar-refractivity contribution in [1.82, 2.24) is 4.98 Å². The van der Waals surface area contributed by atoms with Crippen molar-refractivity contribution in [1.29, 1.82) is 0 Å². The molecular weight excluding hydrogens is 261 g/mol. The van der Waals surface area contributed by atoms with Crippen LogP contribution in [0.25, 0.3) is 22.0 Å². The minimum absolute atomic E-state index is 0.118. The Hall–Kier alpha value is -2.22. The monoisotopic (exact) mass is 279 g/mol. The van der Waals surface area contributed by atoms with Crippen molar-refractivity contribution >= 4 is 10.8 Å². The Morgan fingerprint density at radius 1 is 1.05 bits per heavy atom. The van der Waals surface area contributed by atoms with E-state index in [1.807, 2.05) is 36.5 Å². The third-order valence-corrected chi connectivity index (χ3v) is 3.79. The Labute approximate surface area is 124 Å². The number of fused-ring (bicyclic) bond motifs is 1. The lowest BCUT2D eigenvalue weighted by Crippen LogP contribution is -1.93. The summed E-state index contributed by atoms with van der Waals surface area (Å²) in [5, 5.41) is 2.26. The molecule has 0 saturated heterocycles. The lowest BCUT2D eigenvalue weighted by molar-refractivity contribution is 0.603. The fourth-order valence-corrected chi connectivity index (χ4v) is 2.63. The predicted molar refractivity (Wildman–Crippen MR) is 85.7 cm³/mol. The largest absolute Gasteiger partial charge is 0.256 e. The van der Waals surface area contributed by atoms with E-state index in [1.54, 1.807) is 6.07 Å². The molecule has 1 nitrogen and oxygen atoms in total. The molecule has 0 atom stereocenters. The maximum Gasteiger partial charge on any atom is 0.126 e. The van der Waals surface area contributed by atoms with Crippen LogP contribution in [0.3, 0.4) is 0 Å². The molecule has 2 heteroatoms. The fourth-order valence-electron chi connectivity index (χ4n) is 2.63. The van der Waals surface area contributed by atoms with Gasteiger partial charge >= 0.3 is 0 Å². The summed E-state index contributed by atoms with van der Waals surface area (Å²) in [4.78, 5) is 4.51. The number of hydrogen-bond acceptors (Lipinski definition) is 1. The Morgan fingerprint density at radius 2 is 1.90 bits per heavy atom. The second-order valence-electron chi connectivity index (χ2n) is 5.29. The highest BCUT2D eigenvalue weighted by atomic mass is 19.1. The van der Waals surface area contributed by atoms with Crippen LogP contribution < -0.4 is 0 Å². The average Bonchev–Trinajstić information content (AvgIpc) is 2.54. The number of benzene rings is 2. The number of unbranched alkanes of at least 4 members (excludes halogenated alkanes) is 1. The predicted octanol–water partition coefficient (Wildman–Crippen LogP) is 5.38. The Kier molecular flexibility index (Phi) is 3.96. The van der Waals surface area contributed by atoms with Crippen molar-refractivity contribution in [2.24, 2.45) is 0 Å². The van der Waals surface area contributed by atoms with E-state index in [9.17, 15) is 4.39 Å². The molecule has 0 fully saturated rings. The van der Waals surface area contributed by atoms with Crippen LogP contribution in [0, 0.1) is 5.82 Å². The van der Waals surface area contributed by atoms with Crippen molar-refractivity contribution in [3.05, 3.63) is 66.1 Å². The smallest absolute Gasteiger partial charge is 0.126 e. The molecule has 0 bridgehead atoms. The number of pyridine rings is 1. The molecule has 0 N–H and O–H groups in total. The van der Waals surface area contributed by atoms with Crippen molar-refractivity contribution in [2.45, 2.75) is 26.2 Å². The Bertz CT molecular complexity index is 759. The van der Waals surface area contributed by atoms with Gasteiger partial charge in [-0.1, -0.05) is 37.6 Å². The van der Waals surface area contributed by atoms with Gasteiger partial charge in [0.2, 0.25) is 0 Å². The SMILES string of the molecule is CCCCc1cc(-c2nccc3ccccc23)ccc1F. The van der Waals surface area contributed by atoms with E-state index in [-0.39, 0.29) is 5.82 Å². The van der Waals surface area contributed by atoms with Crippen LogP contribution in [-0.4, -0.2) is 4.98 Å². The van der Waals surface area contributed by atoms with Gasteiger partial charge in [0.05, 0.1) is 5.69 Å². The van der Waals surface area contributed by atoms with Gasteiger partial charge in [-0.15, -0.1) is 0 Å². The summed E-state index contributed by atoms with van der Waals surface area (Å²) in [6.07, 6.45) is 4.66. The van der Waals surface area contributed by atoms with E-state index >= 15 is 0 Å². The van der Waals surface area contributed by atoms with Gasteiger partial charge in [-0.3, -0.25) is 4.98 Å². The molecule has 0 aliphatic carbocycles. The molecule has 0 saturated carbocycles. The number of nitrogens with zero attached hydrogens (tertiary/aromatic N) is 1. The number of hydrogen-bond donors (Lipinski definition) is 0. The highest BCUT2D eigenvalue weighted by molar-refractivity contribution is 5.94. The molecule has 0 unspecified atom stereocenters. The summed E-state index contributed by atoms with van der Waals surface area (Å²) in [6.45, 7) is 2.12. The molecule has 1 heterocycles. The van der Waals surface area contributed by atoms with E-state index in [1.165, 1.54) is 0 Å². The molecular formula is C19H18FN. The van der Waals surface area contributed by atoms with E-state index < -0.39 is 0 Å². The summed E-state index contributed by atoms with van der Waals surface area (Å²) in [7, 11) is 0. The van der Waals surface area contributed by atoms with Gasteiger partial charge in [0, 0.05) is 17.1 Å². The van der Waals surface area contributed by atoms with Crippen LogP contribution in [0.2, 0.25) is 0 Å². The first-order valence-corrected chi connectivity index (χ1v) is 7.42. The Balaban J connectivity index is 2.10. The van der Waals surface area contributed by atoms with Gasteiger partial charge in [0.1, 0.15) is 5.82 Å². The van der Waals surface area contributed by atoms with Gasteiger partial charge in [-0.05, 0) is 48.1 Å². The summed E-state index contributed by atoms with van der Waals surface area (Å²) in [6, 6.07) is 15.5. The first-order valence-electron chi connectivity index (χ1n) is 7.42. The van der Waals surface area contributed by atoms with Crippen molar-refractivity contribution in [3.8, 4) is 11.3 Å². The average molecular weight is 279 g/mol. The van der Waals surface area contributed by atoms with Gasteiger partial charge in [-0.25, -0.2) is 4.39 Å². The van der Waals surface area contributed by atoms with Gasteiger partial charge in [-0.2, -0.15) is 0 Å². The minimum Gasteiger partial charge on any atom is -0.256 e. The fraction of sp³-hybridized carbons (Fsp3) is 0.211.